The van der Waals surface area contributed by atoms with Crippen LogP contribution in [0.15, 0.2) is 18.3 Å². The fourth-order valence-corrected chi connectivity index (χ4v) is 1.40. The molecule has 0 radical (unpaired) electrons. The third-order valence-corrected chi connectivity index (χ3v) is 2.67. The zero-order valence-electron chi connectivity index (χ0n) is 10.9. The fraction of sp³-hybridized carbons (Fsp3) is 0.500. The van der Waals surface area contributed by atoms with Crippen molar-refractivity contribution in [1.29, 1.82) is 0 Å². The Labute approximate surface area is 124 Å². The summed E-state index contributed by atoms with van der Waals surface area (Å²) in [5.41, 5.74) is 5.69. The van der Waals surface area contributed by atoms with E-state index in [4.69, 9.17) is 22.1 Å². The van der Waals surface area contributed by atoms with Crippen LogP contribution in [0.4, 0.5) is 0 Å². The van der Waals surface area contributed by atoms with Gasteiger partial charge in [0.1, 0.15) is 11.6 Å². The molecule has 1 aromatic heterocycles. The molecule has 7 heteroatoms. The van der Waals surface area contributed by atoms with Gasteiger partial charge in [-0.1, -0.05) is 25.4 Å². The van der Waals surface area contributed by atoms with Gasteiger partial charge in [-0.25, -0.2) is 4.98 Å². The molecule has 19 heavy (non-hydrogen) atoms. The summed E-state index contributed by atoms with van der Waals surface area (Å²) in [5, 5.41) is 3.14. The van der Waals surface area contributed by atoms with Crippen LogP contribution < -0.4 is 15.8 Å². The number of nitrogens with zero attached hydrogens (tertiary/aromatic N) is 1. The quantitative estimate of drug-likeness (QED) is 0.783. The molecule has 1 rings (SSSR count). The largest absolute Gasteiger partial charge is 0.475 e. The van der Waals surface area contributed by atoms with Gasteiger partial charge in [0, 0.05) is 6.20 Å². The molecule has 0 spiro atoms. The van der Waals surface area contributed by atoms with Gasteiger partial charge in [-0.2, -0.15) is 0 Å². The summed E-state index contributed by atoms with van der Waals surface area (Å²) in [6.45, 7) is 4.46. The molecule has 0 aliphatic rings. The van der Waals surface area contributed by atoms with Gasteiger partial charge >= 0.3 is 0 Å². The first-order valence-corrected chi connectivity index (χ1v) is 6.16. The summed E-state index contributed by atoms with van der Waals surface area (Å²) in [7, 11) is 0. The van der Waals surface area contributed by atoms with Crippen LogP contribution in [-0.2, 0) is 4.79 Å². The lowest BCUT2D eigenvalue weighted by Crippen LogP contribution is -2.45. The highest BCUT2D eigenvalue weighted by molar-refractivity contribution is 6.31. The number of pyridine rings is 1. The maximum Gasteiger partial charge on any atom is 0.237 e. The molecule has 0 aromatic carbocycles. The van der Waals surface area contributed by atoms with E-state index in [9.17, 15) is 4.79 Å². The zero-order valence-corrected chi connectivity index (χ0v) is 12.5. The number of nitrogens with two attached hydrogens (primary N) is 1. The van der Waals surface area contributed by atoms with Crippen molar-refractivity contribution in [2.75, 3.05) is 13.2 Å². The van der Waals surface area contributed by atoms with Crippen LogP contribution in [0.2, 0.25) is 5.02 Å². The van der Waals surface area contributed by atoms with Crippen molar-refractivity contribution in [2.24, 2.45) is 11.7 Å². The number of halogens is 2. The Bertz CT molecular complexity index is 402. The highest BCUT2D eigenvalue weighted by Crippen LogP contribution is 2.19. The number of ether oxygens (including phenoxy) is 1. The predicted molar refractivity (Wildman–Crippen MR) is 77.8 cm³/mol. The maximum atomic E-state index is 11.5. The molecule has 0 aliphatic heterocycles. The Morgan fingerprint density at radius 3 is 2.84 bits per heavy atom. The number of carbonyl (C=O) groups excluding carboxylic acids is 1. The molecule has 0 aliphatic carbocycles. The molecule has 1 atom stereocenters. The molecule has 108 valence electrons. The summed E-state index contributed by atoms with van der Waals surface area (Å²) in [6, 6.07) is 2.92. The zero-order chi connectivity index (χ0) is 13.5. The first-order chi connectivity index (χ1) is 8.52. The highest BCUT2D eigenvalue weighted by Gasteiger charge is 2.16. The van der Waals surface area contributed by atoms with Crippen LogP contribution in [-0.4, -0.2) is 30.1 Å². The smallest absolute Gasteiger partial charge is 0.237 e. The second kappa shape index (κ2) is 8.96. The molecule has 0 unspecified atom stereocenters. The maximum absolute atomic E-state index is 11.5. The molecule has 1 amide bonds. The highest BCUT2D eigenvalue weighted by atomic mass is 35.5. The van der Waals surface area contributed by atoms with E-state index in [0.29, 0.717) is 24.1 Å². The van der Waals surface area contributed by atoms with E-state index in [1.807, 2.05) is 13.8 Å². The Hall–Kier alpha value is -1.04. The number of hydrogen-bond donors (Lipinski definition) is 2. The van der Waals surface area contributed by atoms with Crippen molar-refractivity contribution < 1.29 is 9.53 Å². The number of aromatic nitrogens is 1. The molecular weight excluding hydrogens is 289 g/mol. The Kier molecular flexibility index (Phi) is 8.47. The van der Waals surface area contributed by atoms with Gasteiger partial charge in [0.25, 0.3) is 0 Å². The third-order valence-electron chi connectivity index (χ3n) is 2.39. The van der Waals surface area contributed by atoms with E-state index >= 15 is 0 Å². The van der Waals surface area contributed by atoms with Gasteiger partial charge in [-0.15, -0.1) is 12.4 Å². The summed E-state index contributed by atoms with van der Waals surface area (Å²) in [6.07, 6.45) is 1.59. The monoisotopic (exact) mass is 307 g/mol. The molecule has 3 N–H and O–H groups in total. The topological polar surface area (TPSA) is 77.2 Å². The average molecular weight is 308 g/mol. The number of amides is 1. The third kappa shape index (κ3) is 6.09. The van der Waals surface area contributed by atoms with E-state index < -0.39 is 6.04 Å². The SMILES string of the molecule is CC(C)[C@H](N)C(=O)NCCOc1ncccc1Cl.Cl. The normalized spacial score (nSPS) is 11.6. The van der Waals surface area contributed by atoms with E-state index in [2.05, 4.69) is 10.3 Å². The molecule has 0 saturated heterocycles. The predicted octanol–water partition coefficient (Wildman–Crippen LogP) is 1.64. The summed E-state index contributed by atoms with van der Waals surface area (Å²) < 4.78 is 5.33. The van der Waals surface area contributed by atoms with Crippen LogP contribution in [0.25, 0.3) is 0 Å². The molecule has 0 fully saturated rings. The van der Waals surface area contributed by atoms with Crippen molar-refractivity contribution in [3.63, 3.8) is 0 Å². The minimum absolute atomic E-state index is 0. The average Bonchev–Trinajstić information content (AvgIpc) is 2.35. The first kappa shape index (κ1) is 18.0. The Morgan fingerprint density at radius 2 is 2.26 bits per heavy atom. The summed E-state index contributed by atoms with van der Waals surface area (Å²) in [5.74, 6) is 0.290. The van der Waals surface area contributed by atoms with Crippen LogP contribution in [0.3, 0.4) is 0 Å². The van der Waals surface area contributed by atoms with Gasteiger partial charge in [0.05, 0.1) is 12.6 Å². The van der Waals surface area contributed by atoms with E-state index in [0.717, 1.165) is 0 Å². The van der Waals surface area contributed by atoms with Gasteiger partial charge in [-0.3, -0.25) is 4.79 Å². The number of hydrogen-bond acceptors (Lipinski definition) is 4. The van der Waals surface area contributed by atoms with E-state index in [-0.39, 0.29) is 24.2 Å². The molecule has 1 heterocycles. The minimum Gasteiger partial charge on any atom is -0.475 e. The van der Waals surface area contributed by atoms with Crippen LogP contribution in [0.5, 0.6) is 5.88 Å². The van der Waals surface area contributed by atoms with Gasteiger partial charge < -0.3 is 15.8 Å². The molecule has 1 aromatic rings. The Morgan fingerprint density at radius 1 is 1.58 bits per heavy atom. The molecule has 5 nitrogen and oxygen atoms in total. The number of rotatable bonds is 6. The lowest BCUT2D eigenvalue weighted by atomic mass is 10.1. The standard InChI is InChI=1S/C12H18ClN3O2.ClH/c1-8(2)10(14)11(17)15-6-7-18-12-9(13)4-3-5-16-12;/h3-5,8,10H,6-7,14H2,1-2H3,(H,15,17);1H/t10-;/m0./s1. The van der Waals surface area contributed by atoms with Crippen molar-refractivity contribution >= 4 is 29.9 Å². The summed E-state index contributed by atoms with van der Waals surface area (Å²) in [4.78, 5) is 15.5. The second-order valence-corrected chi connectivity index (χ2v) is 4.61. The first-order valence-electron chi connectivity index (χ1n) is 5.79. The van der Waals surface area contributed by atoms with E-state index in [1.54, 1.807) is 18.3 Å². The molecule has 0 bridgehead atoms. The van der Waals surface area contributed by atoms with Crippen molar-refractivity contribution in [3.8, 4) is 5.88 Å². The van der Waals surface area contributed by atoms with Crippen LogP contribution in [0.1, 0.15) is 13.8 Å². The van der Waals surface area contributed by atoms with Gasteiger partial charge in [-0.05, 0) is 18.1 Å². The Balaban J connectivity index is 0.00000324. The van der Waals surface area contributed by atoms with Crippen molar-refractivity contribution in [2.45, 2.75) is 19.9 Å². The van der Waals surface area contributed by atoms with Gasteiger partial charge in [0.2, 0.25) is 11.8 Å². The van der Waals surface area contributed by atoms with E-state index in [1.165, 1.54) is 0 Å². The van der Waals surface area contributed by atoms with Crippen LogP contribution in [0, 0.1) is 5.92 Å². The molecule has 0 saturated carbocycles. The number of carbonyl (C=O) groups is 1. The van der Waals surface area contributed by atoms with Crippen molar-refractivity contribution in [1.82, 2.24) is 10.3 Å². The lowest BCUT2D eigenvalue weighted by molar-refractivity contribution is -0.123. The summed E-state index contributed by atoms with van der Waals surface area (Å²) >= 11 is 5.86. The van der Waals surface area contributed by atoms with Crippen molar-refractivity contribution in [3.05, 3.63) is 23.4 Å². The fourth-order valence-electron chi connectivity index (χ4n) is 1.22. The van der Waals surface area contributed by atoms with Crippen LogP contribution >= 0.6 is 24.0 Å². The second-order valence-electron chi connectivity index (χ2n) is 4.20. The minimum atomic E-state index is -0.497. The number of nitrogens with one attached hydrogen (secondary N) is 1. The van der Waals surface area contributed by atoms with Gasteiger partial charge in [0.15, 0.2) is 0 Å². The lowest BCUT2D eigenvalue weighted by Gasteiger charge is -2.15. The molecular formula is C12H19Cl2N3O2.